The van der Waals surface area contributed by atoms with Crippen molar-refractivity contribution in [2.75, 3.05) is 33.9 Å². The van der Waals surface area contributed by atoms with Crippen LogP contribution in [0.15, 0.2) is 54.6 Å². The molecule has 0 aliphatic carbocycles. The Labute approximate surface area is 186 Å². The number of amides is 2. The molecule has 2 amide bonds. The zero-order valence-electron chi connectivity index (χ0n) is 18.2. The summed E-state index contributed by atoms with van der Waals surface area (Å²) < 4.78 is 16.3. The van der Waals surface area contributed by atoms with Gasteiger partial charge < -0.3 is 29.4 Å². The molecule has 2 aromatic carbocycles. The monoisotopic (exact) mass is 437 g/mol. The van der Waals surface area contributed by atoms with Crippen LogP contribution in [0, 0.1) is 0 Å². The molecule has 0 radical (unpaired) electrons. The summed E-state index contributed by atoms with van der Waals surface area (Å²) in [6, 6.07) is 16.1. The Bertz CT molecular complexity index is 1080. The van der Waals surface area contributed by atoms with E-state index in [0.717, 1.165) is 10.9 Å². The second kappa shape index (κ2) is 9.74. The molecule has 1 fully saturated rings. The van der Waals surface area contributed by atoms with Gasteiger partial charge in [0.05, 0.1) is 20.3 Å². The van der Waals surface area contributed by atoms with E-state index in [4.69, 9.17) is 14.2 Å². The van der Waals surface area contributed by atoms with Crippen LogP contribution in [-0.2, 0) is 9.53 Å². The number of carbonyl (C=O) groups excluding carboxylic acids is 2. The van der Waals surface area contributed by atoms with Gasteiger partial charge in [-0.2, -0.15) is 0 Å². The van der Waals surface area contributed by atoms with E-state index in [-0.39, 0.29) is 17.9 Å². The lowest BCUT2D eigenvalue weighted by Gasteiger charge is -2.23. The number of likely N-dealkylation sites (tertiary alicyclic amines) is 1. The van der Waals surface area contributed by atoms with Crippen molar-refractivity contribution in [3.05, 3.63) is 60.3 Å². The van der Waals surface area contributed by atoms with Crippen molar-refractivity contribution in [1.82, 2.24) is 15.2 Å². The third-order valence-electron chi connectivity index (χ3n) is 5.54. The van der Waals surface area contributed by atoms with E-state index in [2.05, 4.69) is 10.3 Å². The Balaban J connectivity index is 1.56. The van der Waals surface area contributed by atoms with Crippen molar-refractivity contribution >= 4 is 22.7 Å². The third-order valence-corrected chi connectivity index (χ3v) is 5.54. The molecule has 0 bridgehead atoms. The number of hydrogen-bond donors (Lipinski definition) is 2. The highest BCUT2D eigenvalue weighted by Crippen LogP contribution is 2.27. The van der Waals surface area contributed by atoms with E-state index in [0.29, 0.717) is 43.3 Å². The number of carbonyl (C=O) groups is 2. The Morgan fingerprint density at radius 1 is 1.09 bits per heavy atom. The van der Waals surface area contributed by atoms with Gasteiger partial charge in [0.1, 0.15) is 29.3 Å². The minimum atomic E-state index is -0.631. The molecule has 0 saturated carbocycles. The number of aromatic amines is 1. The number of benzene rings is 2. The van der Waals surface area contributed by atoms with E-state index in [1.54, 1.807) is 25.2 Å². The molecule has 1 aliphatic rings. The Morgan fingerprint density at radius 2 is 1.91 bits per heavy atom. The van der Waals surface area contributed by atoms with Crippen molar-refractivity contribution in [3.63, 3.8) is 0 Å². The van der Waals surface area contributed by atoms with Gasteiger partial charge >= 0.3 is 0 Å². The largest absolute Gasteiger partial charge is 0.497 e. The number of H-pyrrole nitrogens is 1. The molecule has 4 rings (SSSR count). The number of rotatable bonds is 8. The summed E-state index contributed by atoms with van der Waals surface area (Å²) in [7, 11) is 3.18. The first-order valence-electron chi connectivity index (χ1n) is 10.5. The maximum Gasteiger partial charge on any atom is 0.271 e. The molecule has 3 aromatic rings. The highest BCUT2D eigenvalue weighted by Gasteiger charge is 2.41. The number of hydrogen-bond acceptors (Lipinski definition) is 5. The molecule has 0 unspecified atom stereocenters. The van der Waals surface area contributed by atoms with Crippen LogP contribution < -0.4 is 14.8 Å². The number of fused-ring (bicyclic) bond motifs is 1. The fraction of sp³-hybridized carbons (Fsp3) is 0.333. The second-order valence-electron chi connectivity index (χ2n) is 7.68. The van der Waals surface area contributed by atoms with Crippen molar-refractivity contribution in [2.24, 2.45) is 0 Å². The molecule has 2 heterocycles. The molecule has 0 spiro atoms. The molecule has 2 atom stereocenters. The molecule has 1 saturated heterocycles. The van der Waals surface area contributed by atoms with Crippen LogP contribution in [0.4, 0.5) is 0 Å². The summed E-state index contributed by atoms with van der Waals surface area (Å²) in [4.78, 5) is 31.0. The maximum atomic E-state index is 13.4. The Kier molecular flexibility index (Phi) is 6.61. The number of methoxy groups -OCH3 is 2. The summed E-state index contributed by atoms with van der Waals surface area (Å²) in [6.45, 7) is 1.10. The van der Waals surface area contributed by atoms with Crippen LogP contribution >= 0.6 is 0 Å². The van der Waals surface area contributed by atoms with E-state index in [9.17, 15) is 9.59 Å². The summed E-state index contributed by atoms with van der Waals surface area (Å²) >= 11 is 0. The summed E-state index contributed by atoms with van der Waals surface area (Å²) in [5, 5.41) is 3.71. The first-order chi connectivity index (χ1) is 15.6. The molecule has 1 aliphatic heterocycles. The first-order valence-corrected chi connectivity index (χ1v) is 10.5. The molecular weight excluding hydrogens is 410 g/mol. The Morgan fingerprint density at radius 3 is 2.66 bits per heavy atom. The number of aromatic nitrogens is 1. The van der Waals surface area contributed by atoms with E-state index in [1.165, 1.54) is 0 Å². The molecule has 8 nitrogen and oxygen atoms in total. The van der Waals surface area contributed by atoms with Gasteiger partial charge in [-0.1, -0.05) is 18.2 Å². The SMILES string of the molecule is COCCNC(=O)[C@@H]1C[C@H](Oc2ccccc2)CN1C(=O)c1cc2cc(OC)ccc2[nH]1. The van der Waals surface area contributed by atoms with Crippen molar-refractivity contribution < 1.29 is 23.8 Å². The predicted octanol–water partition coefficient (Wildman–Crippen LogP) is 2.60. The van der Waals surface area contributed by atoms with Crippen LogP contribution in [0.5, 0.6) is 11.5 Å². The Hall–Kier alpha value is -3.52. The highest BCUT2D eigenvalue weighted by molar-refractivity contribution is 6.00. The smallest absolute Gasteiger partial charge is 0.271 e. The van der Waals surface area contributed by atoms with E-state index >= 15 is 0 Å². The standard InChI is InChI=1S/C24H27N3O5/c1-30-11-10-25-23(28)22-14-19(32-17-6-4-3-5-7-17)15-27(22)24(29)21-13-16-12-18(31-2)8-9-20(16)26-21/h3-9,12-13,19,22,26H,10-11,14-15H2,1-2H3,(H,25,28)/t19-,22-/m0/s1. The molecular formula is C24H27N3O5. The normalized spacial score (nSPS) is 18.0. The van der Waals surface area contributed by atoms with Gasteiger partial charge in [-0.3, -0.25) is 9.59 Å². The van der Waals surface area contributed by atoms with Gasteiger partial charge in [0, 0.05) is 31.0 Å². The first kappa shape index (κ1) is 21.7. The van der Waals surface area contributed by atoms with Gasteiger partial charge in [0.2, 0.25) is 5.91 Å². The summed E-state index contributed by atoms with van der Waals surface area (Å²) in [5.41, 5.74) is 1.25. The van der Waals surface area contributed by atoms with Crippen LogP contribution in [0.25, 0.3) is 10.9 Å². The predicted molar refractivity (Wildman–Crippen MR) is 120 cm³/mol. The van der Waals surface area contributed by atoms with Crippen LogP contribution in [0.3, 0.4) is 0 Å². The maximum absolute atomic E-state index is 13.4. The van der Waals surface area contributed by atoms with Gasteiger partial charge in [0.25, 0.3) is 5.91 Å². The fourth-order valence-electron chi connectivity index (χ4n) is 3.95. The van der Waals surface area contributed by atoms with Gasteiger partial charge in [0.15, 0.2) is 0 Å². The summed E-state index contributed by atoms with van der Waals surface area (Å²) in [6.07, 6.45) is 0.122. The van der Waals surface area contributed by atoms with Crippen molar-refractivity contribution in [3.8, 4) is 11.5 Å². The van der Waals surface area contributed by atoms with Gasteiger partial charge in [-0.05, 0) is 36.4 Å². The van der Waals surface area contributed by atoms with Crippen LogP contribution in [0.2, 0.25) is 0 Å². The molecule has 1 aromatic heterocycles. The quantitative estimate of drug-likeness (QED) is 0.529. The average molecular weight is 437 g/mol. The van der Waals surface area contributed by atoms with E-state index < -0.39 is 6.04 Å². The lowest BCUT2D eigenvalue weighted by Crippen LogP contribution is -2.46. The van der Waals surface area contributed by atoms with Crippen molar-refractivity contribution in [1.29, 1.82) is 0 Å². The number of nitrogens with zero attached hydrogens (tertiary/aromatic N) is 1. The zero-order valence-corrected chi connectivity index (χ0v) is 18.2. The van der Waals surface area contributed by atoms with Crippen LogP contribution in [-0.4, -0.2) is 67.8 Å². The van der Waals surface area contributed by atoms with Gasteiger partial charge in [-0.15, -0.1) is 0 Å². The number of para-hydroxylation sites is 1. The minimum absolute atomic E-state index is 0.215. The summed E-state index contributed by atoms with van der Waals surface area (Å²) in [5.74, 6) is 0.963. The van der Waals surface area contributed by atoms with Crippen LogP contribution in [0.1, 0.15) is 16.9 Å². The lowest BCUT2D eigenvalue weighted by molar-refractivity contribution is -0.125. The zero-order chi connectivity index (χ0) is 22.5. The average Bonchev–Trinajstić information content (AvgIpc) is 3.43. The fourth-order valence-corrected chi connectivity index (χ4v) is 3.95. The third kappa shape index (κ3) is 4.70. The van der Waals surface area contributed by atoms with Gasteiger partial charge in [-0.25, -0.2) is 0 Å². The molecule has 8 heteroatoms. The van der Waals surface area contributed by atoms with E-state index in [1.807, 2.05) is 48.5 Å². The van der Waals surface area contributed by atoms with Crippen molar-refractivity contribution in [2.45, 2.75) is 18.6 Å². The number of ether oxygens (including phenoxy) is 3. The molecule has 2 N–H and O–H groups in total. The highest BCUT2D eigenvalue weighted by atomic mass is 16.5. The lowest BCUT2D eigenvalue weighted by atomic mass is 10.1. The molecule has 32 heavy (non-hydrogen) atoms. The second-order valence-corrected chi connectivity index (χ2v) is 7.68. The minimum Gasteiger partial charge on any atom is -0.497 e. The molecule has 168 valence electrons. The number of nitrogens with one attached hydrogen (secondary N) is 2. The topological polar surface area (TPSA) is 92.9 Å².